The third-order valence-corrected chi connectivity index (χ3v) is 3.57. The topological polar surface area (TPSA) is 96.3 Å². The van der Waals surface area contributed by atoms with Gasteiger partial charge in [-0.25, -0.2) is 9.78 Å². The monoisotopic (exact) mass is 350 g/mol. The number of carbonyl (C=O) groups excluding carboxylic acids is 2. The molecule has 7 nitrogen and oxygen atoms in total. The average molecular weight is 350 g/mol. The fraction of sp³-hybridized carbons (Fsp3) is 0.105. The summed E-state index contributed by atoms with van der Waals surface area (Å²) >= 11 is 0. The van der Waals surface area contributed by atoms with Gasteiger partial charge in [0.05, 0.1) is 12.1 Å². The van der Waals surface area contributed by atoms with Crippen LogP contribution in [0.25, 0.3) is 11.5 Å². The minimum absolute atomic E-state index is 0.106. The molecule has 3 aromatic rings. The van der Waals surface area contributed by atoms with Crippen LogP contribution in [0.1, 0.15) is 5.69 Å². The molecule has 0 saturated carbocycles. The first-order valence-electron chi connectivity index (χ1n) is 8.02. The van der Waals surface area contributed by atoms with Gasteiger partial charge in [0, 0.05) is 24.0 Å². The Bertz CT molecular complexity index is 889. The van der Waals surface area contributed by atoms with Crippen LogP contribution in [-0.2, 0) is 11.2 Å². The van der Waals surface area contributed by atoms with Gasteiger partial charge in [-0.2, -0.15) is 0 Å². The Morgan fingerprint density at radius 2 is 1.62 bits per heavy atom. The maximum Gasteiger partial charge on any atom is 0.318 e. The van der Waals surface area contributed by atoms with Crippen molar-refractivity contribution < 1.29 is 14.0 Å². The largest absolute Gasteiger partial charge is 0.444 e. The zero-order valence-electron chi connectivity index (χ0n) is 14.2. The maximum atomic E-state index is 12.2. The number of carbonyl (C=O) groups is 2. The van der Waals surface area contributed by atoms with Crippen LogP contribution in [0.4, 0.5) is 16.2 Å². The molecule has 1 aromatic heterocycles. The Kier molecular flexibility index (Phi) is 5.28. The van der Waals surface area contributed by atoms with Crippen LogP contribution in [0.3, 0.4) is 0 Å². The molecule has 132 valence electrons. The van der Waals surface area contributed by atoms with Crippen LogP contribution >= 0.6 is 0 Å². The fourth-order valence-electron chi connectivity index (χ4n) is 2.30. The Morgan fingerprint density at radius 3 is 2.27 bits per heavy atom. The molecule has 0 unspecified atom stereocenters. The van der Waals surface area contributed by atoms with Gasteiger partial charge in [0.2, 0.25) is 11.8 Å². The van der Waals surface area contributed by atoms with Crippen molar-refractivity contribution in [1.82, 2.24) is 10.3 Å². The molecule has 0 aliphatic heterocycles. The second-order valence-electron chi connectivity index (χ2n) is 5.52. The zero-order chi connectivity index (χ0) is 18.4. The predicted octanol–water partition coefficient (Wildman–Crippen LogP) is 3.27. The van der Waals surface area contributed by atoms with Crippen molar-refractivity contribution in [2.75, 3.05) is 17.7 Å². The van der Waals surface area contributed by atoms with E-state index in [1.54, 1.807) is 24.3 Å². The normalized spacial score (nSPS) is 10.2. The van der Waals surface area contributed by atoms with Crippen molar-refractivity contribution in [2.24, 2.45) is 0 Å². The first-order chi connectivity index (χ1) is 12.6. The highest BCUT2D eigenvalue weighted by molar-refractivity contribution is 5.93. The molecule has 0 saturated heterocycles. The summed E-state index contributed by atoms with van der Waals surface area (Å²) in [5.41, 5.74) is 2.67. The number of rotatable bonds is 5. The molecule has 0 bridgehead atoms. The molecule has 3 rings (SSSR count). The molecule has 3 amide bonds. The first-order valence-corrected chi connectivity index (χ1v) is 8.02. The molecule has 7 heteroatoms. The van der Waals surface area contributed by atoms with Crippen molar-refractivity contribution in [2.45, 2.75) is 6.42 Å². The molecular formula is C19H18N4O3. The second-order valence-corrected chi connectivity index (χ2v) is 5.52. The van der Waals surface area contributed by atoms with E-state index in [0.29, 0.717) is 23.0 Å². The van der Waals surface area contributed by atoms with Gasteiger partial charge in [0.1, 0.15) is 6.26 Å². The minimum atomic E-state index is -0.304. The number of nitrogens with zero attached hydrogens (tertiary/aromatic N) is 1. The third kappa shape index (κ3) is 4.47. The first kappa shape index (κ1) is 17.2. The van der Waals surface area contributed by atoms with Crippen LogP contribution in [0.15, 0.2) is 65.3 Å². The van der Waals surface area contributed by atoms with Crippen molar-refractivity contribution in [3.63, 3.8) is 0 Å². The number of urea groups is 1. The lowest BCUT2D eigenvalue weighted by atomic mass is 10.2. The van der Waals surface area contributed by atoms with E-state index in [-0.39, 0.29) is 18.4 Å². The molecule has 26 heavy (non-hydrogen) atoms. The van der Waals surface area contributed by atoms with E-state index in [4.69, 9.17) is 4.42 Å². The van der Waals surface area contributed by atoms with Gasteiger partial charge in [0.25, 0.3) is 0 Å². The van der Waals surface area contributed by atoms with Gasteiger partial charge >= 0.3 is 6.03 Å². The van der Waals surface area contributed by atoms with Crippen LogP contribution in [0.5, 0.6) is 0 Å². The number of oxazole rings is 1. The summed E-state index contributed by atoms with van der Waals surface area (Å²) in [6.07, 6.45) is 1.59. The smallest absolute Gasteiger partial charge is 0.318 e. The molecule has 0 atom stereocenters. The second kappa shape index (κ2) is 7.98. The van der Waals surface area contributed by atoms with Gasteiger partial charge in [-0.3, -0.25) is 4.79 Å². The van der Waals surface area contributed by atoms with Gasteiger partial charge in [-0.15, -0.1) is 0 Å². The average Bonchev–Trinajstić information content (AvgIpc) is 3.12. The van der Waals surface area contributed by atoms with Gasteiger partial charge in [-0.05, 0) is 36.4 Å². The number of nitrogens with one attached hydrogen (secondary N) is 3. The molecule has 0 radical (unpaired) electrons. The van der Waals surface area contributed by atoms with E-state index >= 15 is 0 Å². The maximum absolute atomic E-state index is 12.2. The number of anilines is 2. The standard InChI is InChI=1S/C19H18N4O3/c1-20-19(25)23-15-9-7-14(8-10-15)21-17(24)11-16-12-26-18(22-16)13-5-3-2-4-6-13/h2-10,12H,11H2,1H3,(H,21,24)(H2,20,23,25). The van der Waals surface area contributed by atoms with Crippen LogP contribution < -0.4 is 16.0 Å². The van der Waals surface area contributed by atoms with Gasteiger partial charge < -0.3 is 20.4 Å². The molecule has 0 spiro atoms. The zero-order valence-corrected chi connectivity index (χ0v) is 14.2. The fourth-order valence-corrected chi connectivity index (χ4v) is 2.30. The van der Waals surface area contributed by atoms with Crippen molar-refractivity contribution in [3.05, 3.63) is 66.6 Å². The number of aromatic nitrogens is 1. The summed E-state index contributed by atoms with van der Waals surface area (Å²) in [5.74, 6) is 0.281. The lowest BCUT2D eigenvalue weighted by molar-refractivity contribution is -0.115. The molecular weight excluding hydrogens is 332 g/mol. The summed E-state index contributed by atoms with van der Waals surface area (Å²) in [4.78, 5) is 27.7. The lowest BCUT2D eigenvalue weighted by Crippen LogP contribution is -2.24. The van der Waals surface area contributed by atoms with Crippen molar-refractivity contribution in [3.8, 4) is 11.5 Å². The van der Waals surface area contributed by atoms with Crippen molar-refractivity contribution in [1.29, 1.82) is 0 Å². The Balaban J connectivity index is 1.57. The summed E-state index contributed by atoms with van der Waals surface area (Å²) in [6.45, 7) is 0. The minimum Gasteiger partial charge on any atom is -0.444 e. The van der Waals surface area contributed by atoms with Crippen LogP contribution in [0.2, 0.25) is 0 Å². The van der Waals surface area contributed by atoms with E-state index < -0.39 is 0 Å². The van der Waals surface area contributed by atoms with E-state index in [0.717, 1.165) is 5.56 Å². The number of hydrogen-bond donors (Lipinski definition) is 3. The highest BCUT2D eigenvalue weighted by atomic mass is 16.3. The summed E-state index contributed by atoms with van der Waals surface area (Å²) < 4.78 is 5.43. The van der Waals surface area contributed by atoms with Gasteiger partial charge in [-0.1, -0.05) is 18.2 Å². The van der Waals surface area contributed by atoms with Crippen LogP contribution in [0, 0.1) is 0 Å². The lowest BCUT2D eigenvalue weighted by Gasteiger charge is -2.07. The summed E-state index contributed by atoms with van der Waals surface area (Å²) in [6, 6.07) is 16.0. The third-order valence-electron chi connectivity index (χ3n) is 3.57. The van der Waals surface area contributed by atoms with E-state index in [1.165, 1.54) is 13.3 Å². The molecule has 0 aliphatic carbocycles. The van der Waals surface area contributed by atoms with Crippen LogP contribution in [-0.4, -0.2) is 24.0 Å². The quantitative estimate of drug-likeness (QED) is 0.658. The summed E-state index contributed by atoms with van der Waals surface area (Å²) in [5, 5.41) is 7.90. The SMILES string of the molecule is CNC(=O)Nc1ccc(NC(=O)Cc2coc(-c3ccccc3)n2)cc1. The van der Waals surface area contributed by atoms with E-state index in [2.05, 4.69) is 20.9 Å². The summed E-state index contributed by atoms with van der Waals surface area (Å²) in [7, 11) is 1.54. The molecule has 1 heterocycles. The van der Waals surface area contributed by atoms with Crippen molar-refractivity contribution >= 4 is 23.3 Å². The number of amides is 3. The van der Waals surface area contributed by atoms with Gasteiger partial charge in [0.15, 0.2) is 0 Å². The number of hydrogen-bond acceptors (Lipinski definition) is 4. The number of benzene rings is 2. The van der Waals surface area contributed by atoms with E-state index in [9.17, 15) is 9.59 Å². The highest BCUT2D eigenvalue weighted by Gasteiger charge is 2.10. The molecule has 0 aliphatic rings. The Morgan fingerprint density at radius 1 is 0.962 bits per heavy atom. The Hall–Kier alpha value is -3.61. The Labute approximate surface area is 150 Å². The predicted molar refractivity (Wildman–Crippen MR) is 98.8 cm³/mol. The van der Waals surface area contributed by atoms with E-state index in [1.807, 2.05) is 30.3 Å². The highest BCUT2D eigenvalue weighted by Crippen LogP contribution is 2.18. The molecule has 3 N–H and O–H groups in total. The molecule has 0 fully saturated rings. The molecule has 2 aromatic carbocycles.